The Balaban J connectivity index is 2.69. The van der Waals surface area contributed by atoms with Crippen LogP contribution in [0.1, 0.15) is 6.42 Å². The number of nitrogens with one attached hydrogen (secondary N) is 1. The molecule has 1 saturated heterocycles. The van der Waals surface area contributed by atoms with Crippen molar-refractivity contribution < 1.29 is 13.2 Å². The average molecular weight is 164 g/mol. The van der Waals surface area contributed by atoms with E-state index in [1.54, 1.807) is 5.43 Å². The minimum Gasteiger partial charge on any atom is -0.293 e. The lowest BCUT2D eigenvalue weighted by atomic mass is 10.3. The van der Waals surface area contributed by atoms with E-state index in [2.05, 4.69) is 0 Å². The van der Waals surface area contributed by atoms with Gasteiger partial charge < -0.3 is 0 Å². The summed E-state index contributed by atoms with van der Waals surface area (Å²) in [4.78, 5) is 10.6. The molecule has 3 N–H and O–H groups in total. The van der Waals surface area contributed by atoms with Crippen LogP contribution in [0.4, 0.5) is 0 Å². The Labute approximate surface area is 58.5 Å². The second-order valence-corrected chi connectivity index (χ2v) is 4.46. The first-order chi connectivity index (χ1) is 4.58. The number of sulfone groups is 1. The summed E-state index contributed by atoms with van der Waals surface area (Å²) < 4.78 is 21.4. The second kappa shape index (κ2) is 2.21. The molecular weight excluding hydrogens is 156 g/mol. The number of hydrazine groups is 1. The molecule has 5 nitrogen and oxygen atoms in total. The zero-order chi connectivity index (χ0) is 7.78. The molecular formula is C4H8N2O3S. The van der Waals surface area contributed by atoms with Crippen molar-refractivity contribution >= 4 is 15.7 Å². The van der Waals surface area contributed by atoms with Gasteiger partial charge in [-0.3, -0.25) is 10.2 Å². The van der Waals surface area contributed by atoms with Crippen LogP contribution < -0.4 is 11.3 Å². The molecule has 1 aliphatic rings. The number of carbonyl (C=O) groups is 1. The van der Waals surface area contributed by atoms with Crippen molar-refractivity contribution in [2.24, 2.45) is 5.84 Å². The predicted octanol–water partition coefficient (Wildman–Crippen LogP) is -1.84. The molecule has 0 aliphatic carbocycles. The molecule has 0 aromatic heterocycles. The molecule has 0 spiro atoms. The Hall–Kier alpha value is -0.620. The van der Waals surface area contributed by atoms with Crippen LogP contribution in [0.5, 0.6) is 0 Å². The minimum atomic E-state index is -3.13. The highest BCUT2D eigenvalue weighted by molar-refractivity contribution is 7.94. The highest BCUT2D eigenvalue weighted by atomic mass is 32.2. The Morgan fingerprint density at radius 3 is 2.30 bits per heavy atom. The first kappa shape index (κ1) is 7.49. The van der Waals surface area contributed by atoms with Crippen LogP contribution in [0.3, 0.4) is 0 Å². The van der Waals surface area contributed by atoms with Crippen LogP contribution in [0.2, 0.25) is 0 Å². The van der Waals surface area contributed by atoms with Crippen LogP contribution in [0.15, 0.2) is 0 Å². The fourth-order valence-electron chi connectivity index (χ4n) is 0.815. The average Bonchev–Trinajstić information content (AvgIpc) is 1.86. The topological polar surface area (TPSA) is 89.3 Å². The third-order valence-corrected chi connectivity index (χ3v) is 3.65. The Morgan fingerprint density at radius 2 is 2.20 bits per heavy atom. The third-order valence-electron chi connectivity index (χ3n) is 1.53. The van der Waals surface area contributed by atoms with Crippen molar-refractivity contribution in [2.45, 2.75) is 11.7 Å². The van der Waals surface area contributed by atoms with Gasteiger partial charge in [0, 0.05) is 0 Å². The standard InChI is InChI=1S/C4H8N2O3S/c5-6-4(7)3-1-2-10(3,8)9/h3H,1-2,5H2,(H,6,7). The van der Waals surface area contributed by atoms with Gasteiger partial charge in [-0.05, 0) is 6.42 Å². The van der Waals surface area contributed by atoms with Gasteiger partial charge in [0.15, 0.2) is 9.84 Å². The van der Waals surface area contributed by atoms with Crippen molar-refractivity contribution in [1.29, 1.82) is 0 Å². The van der Waals surface area contributed by atoms with Gasteiger partial charge in [-0.1, -0.05) is 0 Å². The summed E-state index contributed by atoms with van der Waals surface area (Å²) in [7, 11) is -3.13. The zero-order valence-corrected chi connectivity index (χ0v) is 6.02. The smallest absolute Gasteiger partial charge is 0.252 e. The summed E-state index contributed by atoms with van der Waals surface area (Å²) in [6, 6.07) is 0. The zero-order valence-electron chi connectivity index (χ0n) is 5.20. The van der Waals surface area contributed by atoms with Crippen LogP contribution in [0, 0.1) is 0 Å². The maximum atomic E-state index is 10.7. The molecule has 0 aromatic rings. The molecule has 1 fully saturated rings. The SMILES string of the molecule is NNC(=O)C1CCS1(=O)=O. The van der Waals surface area contributed by atoms with Gasteiger partial charge in [0.2, 0.25) is 0 Å². The predicted molar refractivity (Wildman–Crippen MR) is 34.5 cm³/mol. The molecule has 1 amide bonds. The van der Waals surface area contributed by atoms with Crippen LogP contribution in [0.25, 0.3) is 0 Å². The van der Waals surface area contributed by atoms with Gasteiger partial charge in [0.1, 0.15) is 5.25 Å². The van der Waals surface area contributed by atoms with E-state index in [0.29, 0.717) is 6.42 Å². The molecule has 1 rings (SSSR count). The fraction of sp³-hybridized carbons (Fsp3) is 0.750. The van der Waals surface area contributed by atoms with Crippen molar-refractivity contribution in [1.82, 2.24) is 5.43 Å². The maximum absolute atomic E-state index is 10.7. The van der Waals surface area contributed by atoms with E-state index >= 15 is 0 Å². The Morgan fingerprint density at radius 1 is 1.60 bits per heavy atom. The first-order valence-corrected chi connectivity index (χ1v) is 4.51. The summed E-state index contributed by atoms with van der Waals surface area (Å²) in [5.41, 5.74) is 1.80. The first-order valence-electron chi connectivity index (χ1n) is 2.80. The fourth-order valence-corrected chi connectivity index (χ4v) is 2.07. The quantitative estimate of drug-likeness (QED) is 0.271. The molecule has 1 aliphatic heterocycles. The van der Waals surface area contributed by atoms with E-state index in [0.717, 1.165) is 0 Å². The molecule has 1 unspecified atom stereocenters. The summed E-state index contributed by atoms with van der Waals surface area (Å²) >= 11 is 0. The lowest BCUT2D eigenvalue weighted by molar-refractivity contribution is -0.121. The van der Waals surface area contributed by atoms with Gasteiger partial charge in [0.05, 0.1) is 5.75 Å². The van der Waals surface area contributed by atoms with E-state index in [9.17, 15) is 13.2 Å². The Bertz CT molecular complexity index is 245. The van der Waals surface area contributed by atoms with Crippen LogP contribution in [-0.4, -0.2) is 25.3 Å². The van der Waals surface area contributed by atoms with E-state index in [-0.39, 0.29) is 5.75 Å². The summed E-state index contributed by atoms with van der Waals surface area (Å²) in [6.45, 7) is 0. The van der Waals surface area contributed by atoms with Crippen LogP contribution in [-0.2, 0) is 14.6 Å². The molecule has 10 heavy (non-hydrogen) atoms. The summed E-state index contributed by atoms with van der Waals surface area (Å²) in [6.07, 6.45) is 0.394. The van der Waals surface area contributed by atoms with Crippen molar-refractivity contribution in [3.63, 3.8) is 0 Å². The van der Waals surface area contributed by atoms with Gasteiger partial charge >= 0.3 is 0 Å². The normalized spacial score (nSPS) is 28.7. The lowest BCUT2D eigenvalue weighted by Crippen LogP contribution is -2.50. The second-order valence-electron chi connectivity index (χ2n) is 2.15. The number of rotatable bonds is 1. The van der Waals surface area contributed by atoms with Gasteiger partial charge in [-0.15, -0.1) is 0 Å². The number of hydrogen-bond donors (Lipinski definition) is 2. The molecule has 58 valence electrons. The minimum absolute atomic E-state index is 0.102. The molecule has 0 bridgehead atoms. The van der Waals surface area contributed by atoms with Crippen molar-refractivity contribution in [3.05, 3.63) is 0 Å². The summed E-state index contributed by atoms with van der Waals surface area (Å²) in [5, 5.41) is -0.891. The molecule has 1 atom stereocenters. The van der Waals surface area contributed by atoms with E-state index < -0.39 is 21.0 Å². The maximum Gasteiger partial charge on any atom is 0.252 e. The monoisotopic (exact) mass is 164 g/mol. The van der Waals surface area contributed by atoms with Crippen molar-refractivity contribution in [3.8, 4) is 0 Å². The molecule has 1 heterocycles. The molecule has 0 radical (unpaired) electrons. The summed E-state index contributed by atoms with van der Waals surface area (Å²) in [5.74, 6) is 4.24. The van der Waals surface area contributed by atoms with Gasteiger partial charge in [0.25, 0.3) is 5.91 Å². The molecule has 0 saturated carbocycles. The van der Waals surface area contributed by atoms with E-state index in [1.165, 1.54) is 0 Å². The third kappa shape index (κ3) is 0.994. The van der Waals surface area contributed by atoms with E-state index in [1.807, 2.05) is 0 Å². The lowest BCUT2D eigenvalue weighted by Gasteiger charge is -2.23. The number of hydrogen-bond acceptors (Lipinski definition) is 4. The number of carbonyl (C=O) groups excluding carboxylic acids is 1. The van der Waals surface area contributed by atoms with Crippen LogP contribution >= 0.6 is 0 Å². The largest absolute Gasteiger partial charge is 0.293 e. The highest BCUT2D eigenvalue weighted by Gasteiger charge is 2.40. The number of amides is 1. The van der Waals surface area contributed by atoms with Crippen molar-refractivity contribution in [2.75, 3.05) is 5.75 Å². The molecule has 0 aromatic carbocycles. The Kier molecular flexibility index (Phi) is 1.65. The molecule has 6 heteroatoms. The van der Waals surface area contributed by atoms with E-state index in [4.69, 9.17) is 5.84 Å². The number of nitrogens with two attached hydrogens (primary N) is 1. The highest BCUT2D eigenvalue weighted by Crippen LogP contribution is 2.19. The van der Waals surface area contributed by atoms with Gasteiger partial charge in [-0.25, -0.2) is 14.3 Å². The van der Waals surface area contributed by atoms with Gasteiger partial charge in [-0.2, -0.15) is 0 Å².